The molecule has 0 aromatic heterocycles. The van der Waals surface area contributed by atoms with Crippen molar-refractivity contribution in [1.29, 1.82) is 0 Å². The van der Waals surface area contributed by atoms with Gasteiger partial charge in [0.25, 0.3) is 5.91 Å². The van der Waals surface area contributed by atoms with Gasteiger partial charge in [0.15, 0.2) is 0 Å². The highest BCUT2D eigenvalue weighted by molar-refractivity contribution is 6.10. The lowest BCUT2D eigenvalue weighted by Crippen LogP contribution is -2.12. The van der Waals surface area contributed by atoms with E-state index in [0.29, 0.717) is 5.57 Å². The van der Waals surface area contributed by atoms with Crippen LogP contribution >= 0.6 is 0 Å². The van der Waals surface area contributed by atoms with E-state index >= 15 is 0 Å². The second kappa shape index (κ2) is 5.86. The summed E-state index contributed by atoms with van der Waals surface area (Å²) in [5, 5.41) is 5.23. The fourth-order valence-corrected chi connectivity index (χ4v) is 2.52. The van der Waals surface area contributed by atoms with Crippen LogP contribution in [-0.4, -0.2) is 5.91 Å². The Bertz CT molecular complexity index is 850. The number of carbonyl (C=O) groups excluding carboxylic acids is 1. The van der Waals surface area contributed by atoms with Gasteiger partial charge in [-0.1, -0.05) is 67.2 Å². The van der Waals surface area contributed by atoms with Crippen molar-refractivity contribution in [2.45, 2.75) is 6.92 Å². The standard InChI is InChI=1S/C20H17NO/c1-14(2)20(22)21-18-13-12-15-8-6-7-11-17(15)19(18)16-9-4-3-5-10-16/h3-13H,1H2,2H3,(H,21,22). The largest absolute Gasteiger partial charge is 0.322 e. The molecule has 3 rings (SSSR count). The second-order valence-electron chi connectivity index (χ2n) is 5.31. The van der Waals surface area contributed by atoms with Crippen molar-refractivity contribution in [2.75, 3.05) is 5.32 Å². The van der Waals surface area contributed by atoms with E-state index in [4.69, 9.17) is 0 Å². The van der Waals surface area contributed by atoms with E-state index in [1.165, 1.54) is 0 Å². The molecule has 0 radical (unpaired) electrons. The van der Waals surface area contributed by atoms with Gasteiger partial charge in [0.05, 0.1) is 0 Å². The number of rotatable bonds is 3. The van der Waals surface area contributed by atoms with Gasteiger partial charge in [-0.2, -0.15) is 0 Å². The van der Waals surface area contributed by atoms with Crippen molar-refractivity contribution in [1.82, 2.24) is 0 Å². The van der Waals surface area contributed by atoms with Gasteiger partial charge in [0, 0.05) is 16.8 Å². The summed E-state index contributed by atoms with van der Waals surface area (Å²) in [4.78, 5) is 12.0. The average Bonchev–Trinajstić information content (AvgIpc) is 2.55. The lowest BCUT2D eigenvalue weighted by Gasteiger charge is -2.14. The zero-order valence-corrected chi connectivity index (χ0v) is 12.5. The van der Waals surface area contributed by atoms with Crippen LogP contribution in [0.3, 0.4) is 0 Å². The van der Waals surface area contributed by atoms with Crippen LogP contribution in [0.1, 0.15) is 6.92 Å². The molecule has 0 aliphatic rings. The number of benzene rings is 3. The molecule has 0 aliphatic carbocycles. The van der Waals surface area contributed by atoms with Crippen LogP contribution in [0.15, 0.2) is 78.9 Å². The molecule has 0 atom stereocenters. The van der Waals surface area contributed by atoms with E-state index in [-0.39, 0.29) is 5.91 Å². The first-order chi connectivity index (χ1) is 10.7. The number of fused-ring (bicyclic) bond motifs is 1. The quantitative estimate of drug-likeness (QED) is 0.673. The van der Waals surface area contributed by atoms with Crippen LogP contribution in [0.2, 0.25) is 0 Å². The summed E-state index contributed by atoms with van der Waals surface area (Å²) in [6.07, 6.45) is 0. The molecule has 1 N–H and O–H groups in total. The molecule has 0 unspecified atom stereocenters. The molecule has 2 nitrogen and oxygen atoms in total. The zero-order chi connectivity index (χ0) is 15.5. The molecule has 0 spiro atoms. The summed E-state index contributed by atoms with van der Waals surface area (Å²) < 4.78 is 0. The van der Waals surface area contributed by atoms with E-state index in [1.807, 2.05) is 42.5 Å². The molecule has 0 heterocycles. The van der Waals surface area contributed by atoms with Gasteiger partial charge < -0.3 is 5.32 Å². The van der Waals surface area contributed by atoms with Gasteiger partial charge in [-0.15, -0.1) is 0 Å². The van der Waals surface area contributed by atoms with Crippen LogP contribution in [0.5, 0.6) is 0 Å². The van der Waals surface area contributed by atoms with E-state index < -0.39 is 0 Å². The Morgan fingerprint density at radius 3 is 2.32 bits per heavy atom. The van der Waals surface area contributed by atoms with Gasteiger partial charge in [0.1, 0.15) is 0 Å². The Morgan fingerprint density at radius 1 is 0.909 bits per heavy atom. The number of hydrogen-bond donors (Lipinski definition) is 1. The molecule has 0 fully saturated rings. The third kappa shape index (κ3) is 2.63. The summed E-state index contributed by atoms with van der Waals surface area (Å²) in [5.41, 5.74) is 3.41. The van der Waals surface area contributed by atoms with Crippen LogP contribution in [0, 0.1) is 0 Å². The lowest BCUT2D eigenvalue weighted by atomic mass is 9.96. The molecule has 0 aliphatic heterocycles. The van der Waals surface area contributed by atoms with Crippen LogP contribution < -0.4 is 5.32 Å². The topological polar surface area (TPSA) is 29.1 Å². The first kappa shape index (κ1) is 14.1. The normalized spacial score (nSPS) is 10.4. The Kier molecular flexibility index (Phi) is 3.75. The van der Waals surface area contributed by atoms with E-state index in [1.54, 1.807) is 6.92 Å². The van der Waals surface area contributed by atoms with Crippen LogP contribution in [0.25, 0.3) is 21.9 Å². The van der Waals surface area contributed by atoms with Gasteiger partial charge in [-0.05, 0) is 29.3 Å². The Balaban J connectivity index is 2.24. The molecular formula is C20H17NO. The van der Waals surface area contributed by atoms with E-state index in [2.05, 4.69) is 36.2 Å². The molecule has 0 saturated heterocycles. The number of nitrogens with one attached hydrogen (secondary N) is 1. The fourth-order valence-electron chi connectivity index (χ4n) is 2.52. The van der Waals surface area contributed by atoms with Crippen LogP contribution in [0.4, 0.5) is 5.69 Å². The number of carbonyl (C=O) groups is 1. The third-order valence-corrected chi connectivity index (χ3v) is 3.63. The SMILES string of the molecule is C=C(C)C(=O)Nc1ccc2ccccc2c1-c1ccccc1. The second-order valence-corrected chi connectivity index (χ2v) is 5.31. The molecule has 0 bridgehead atoms. The minimum absolute atomic E-state index is 0.160. The maximum atomic E-state index is 12.0. The van der Waals surface area contributed by atoms with Gasteiger partial charge in [-0.3, -0.25) is 4.79 Å². The van der Waals surface area contributed by atoms with Crippen molar-refractivity contribution in [3.05, 3.63) is 78.9 Å². The third-order valence-electron chi connectivity index (χ3n) is 3.63. The smallest absolute Gasteiger partial charge is 0.250 e. The van der Waals surface area contributed by atoms with E-state index in [9.17, 15) is 4.79 Å². The zero-order valence-electron chi connectivity index (χ0n) is 12.5. The predicted molar refractivity (Wildman–Crippen MR) is 92.8 cm³/mol. The van der Waals surface area contributed by atoms with E-state index in [0.717, 1.165) is 27.6 Å². The highest BCUT2D eigenvalue weighted by atomic mass is 16.1. The maximum absolute atomic E-state index is 12.0. The summed E-state index contributed by atoms with van der Waals surface area (Å²) in [6.45, 7) is 5.41. The summed E-state index contributed by atoms with van der Waals surface area (Å²) in [7, 11) is 0. The number of hydrogen-bond acceptors (Lipinski definition) is 1. The highest BCUT2D eigenvalue weighted by Crippen LogP contribution is 2.35. The van der Waals surface area contributed by atoms with Gasteiger partial charge >= 0.3 is 0 Å². The van der Waals surface area contributed by atoms with Crippen LogP contribution in [-0.2, 0) is 4.79 Å². The molecule has 108 valence electrons. The van der Waals surface area contributed by atoms with Gasteiger partial charge in [0.2, 0.25) is 0 Å². The van der Waals surface area contributed by atoms with Gasteiger partial charge in [-0.25, -0.2) is 0 Å². The minimum atomic E-state index is -0.160. The summed E-state index contributed by atoms with van der Waals surface area (Å²) in [6, 6.07) is 22.3. The molecule has 1 amide bonds. The maximum Gasteiger partial charge on any atom is 0.250 e. The molecular weight excluding hydrogens is 270 g/mol. The fraction of sp³-hybridized carbons (Fsp3) is 0.0500. The molecule has 22 heavy (non-hydrogen) atoms. The first-order valence-electron chi connectivity index (χ1n) is 7.21. The molecule has 3 aromatic rings. The predicted octanol–water partition coefficient (Wildman–Crippen LogP) is 5.02. The Morgan fingerprint density at radius 2 is 1.59 bits per heavy atom. The summed E-state index contributed by atoms with van der Waals surface area (Å²) >= 11 is 0. The number of anilines is 1. The Labute approximate surface area is 130 Å². The Hall–Kier alpha value is -2.87. The van der Waals surface area contributed by atoms with Crippen molar-refractivity contribution >= 4 is 22.4 Å². The van der Waals surface area contributed by atoms with Crippen molar-refractivity contribution in [2.24, 2.45) is 0 Å². The minimum Gasteiger partial charge on any atom is -0.322 e. The van der Waals surface area contributed by atoms with Crippen molar-refractivity contribution in [3.63, 3.8) is 0 Å². The number of amides is 1. The first-order valence-corrected chi connectivity index (χ1v) is 7.21. The molecule has 2 heteroatoms. The average molecular weight is 287 g/mol. The lowest BCUT2D eigenvalue weighted by molar-refractivity contribution is -0.112. The van der Waals surface area contributed by atoms with Crippen molar-refractivity contribution in [3.8, 4) is 11.1 Å². The highest BCUT2D eigenvalue weighted by Gasteiger charge is 2.12. The summed E-state index contributed by atoms with van der Waals surface area (Å²) in [5.74, 6) is -0.160. The molecule has 0 saturated carbocycles. The monoisotopic (exact) mass is 287 g/mol. The molecule has 3 aromatic carbocycles. The van der Waals surface area contributed by atoms with Crippen molar-refractivity contribution < 1.29 is 4.79 Å².